The second kappa shape index (κ2) is 9.71. The molecule has 1 aromatic heterocycles. The molecule has 0 bridgehead atoms. The van der Waals surface area contributed by atoms with E-state index in [1.165, 1.54) is 19.4 Å². The van der Waals surface area contributed by atoms with Gasteiger partial charge in [0.2, 0.25) is 11.8 Å². The van der Waals surface area contributed by atoms with E-state index in [-0.39, 0.29) is 17.7 Å². The maximum Gasteiger partial charge on any atom is 0.328 e. The standard InChI is InChI=1S/C27H31N3O4/c1-27(2,26(33)34)30-25(32)19-9-7-17(8-10-19)18-11-13-21(14-12-18)29-24(31)15-20-16-28-23-6-4-3-5-22(20)23/h3-6,11-14,16-17,19,28H,7-10,15H2,1-2H3,(H,29,31)(H,30,32)(H,33,34). The highest BCUT2D eigenvalue weighted by atomic mass is 16.4. The average Bonchev–Trinajstić information content (AvgIpc) is 3.22. The van der Waals surface area contributed by atoms with Crippen LogP contribution in [-0.4, -0.2) is 33.4 Å². The quantitative estimate of drug-likeness (QED) is 0.412. The Kier molecular flexibility index (Phi) is 6.72. The Bertz CT molecular complexity index is 1190. The molecule has 7 nitrogen and oxygen atoms in total. The number of aliphatic carboxylic acids is 1. The largest absolute Gasteiger partial charge is 0.480 e. The Morgan fingerprint density at radius 3 is 2.35 bits per heavy atom. The van der Waals surface area contributed by atoms with Gasteiger partial charge in [-0.05, 0) is 74.8 Å². The molecule has 1 aliphatic carbocycles. The van der Waals surface area contributed by atoms with Gasteiger partial charge in [-0.2, -0.15) is 0 Å². The lowest BCUT2D eigenvalue weighted by atomic mass is 9.78. The van der Waals surface area contributed by atoms with E-state index in [1.807, 2.05) is 54.7 Å². The molecule has 4 N–H and O–H groups in total. The molecule has 0 radical (unpaired) electrons. The lowest BCUT2D eigenvalue weighted by Gasteiger charge is -2.30. The summed E-state index contributed by atoms with van der Waals surface area (Å²) in [6.07, 6.45) is 5.39. The summed E-state index contributed by atoms with van der Waals surface area (Å²) in [5.41, 5.74) is 2.68. The van der Waals surface area contributed by atoms with Crippen LogP contribution in [0.1, 0.15) is 56.6 Å². The van der Waals surface area contributed by atoms with Gasteiger partial charge in [0.15, 0.2) is 0 Å². The number of nitrogens with one attached hydrogen (secondary N) is 3. The van der Waals surface area contributed by atoms with E-state index in [0.717, 1.165) is 47.8 Å². The second-order valence-electron chi connectivity index (χ2n) is 9.67. The number of H-pyrrole nitrogens is 1. The smallest absolute Gasteiger partial charge is 0.328 e. The van der Waals surface area contributed by atoms with Crippen molar-refractivity contribution in [2.45, 2.75) is 57.4 Å². The van der Waals surface area contributed by atoms with E-state index in [1.54, 1.807) is 0 Å². The van der Waals surface area contributed by atoms with Crippen LogP contribution in [0.5, 0.6) is 0 Å². The van der Waals surface area contributed by atoms with Gasteiger partial charge in [-0.15, -0.1) is 0 Å². The summed E-state index contributed by atoms with van der Waals surface area (Å²) in [6.45, 7) is 3.00. The fourth-order valence-corrected chi connectivity index (χ4v) is 4.65. The summed E-state index contributed by atoms with van der Waals surface area (Å²) in [5, 5.41) is 15.9. The van der Waals surface area contributed by atoms with Crippen molar-refractivity contribution in [1.29, 1.82) is 0 Å². The molecule has 178 valence electrons. The molecule has 2 aromatic carbocycles. The molecule has 3 aromatic rings. The number of carbonyl (C=O) groups is 3. The van der Waals surface area contributed by atoms with Gasteiger partial charge in [-0.1, -0.05) is 30.3 Å². The summed E-state index contributed by atoms with van der Waals surface area (Å²) >= 11 is 0. The van der Waals surface area contributed by atoms with E-state index < -0.39 is 11.5 Å². The number of benzene rings is 2. The van der Waals surface area contributed by atoms with Crippen molar-refractivity contribution >= 4 is 34.4 Å². The minimum atomic E-state index is -1.26. The maximum absolute atomic E-state index is 12.6. The zero-order valence-electron chi connectivity index (χ0n) is 19.6. The van der Waals surface area contributed by atoms with Crippen molar-refractivity contribution in [3.8, 4) is 0 Å². The zero-order chi connectivity index (χ0) is 24.3. The van der Waals surface area contributed by atoms with Crippen molar-refractivity contribution in [3.63, 3.8) is 0 Å². The molecule has 7 heteroatoms. The first kappa shape index (κ1) is 23.5. The number of anilines is 1. The van der Waals surface area contributed by atoms with Crippen molar-refractivity contribution in [2.24, 2.45) is 5.92 Å². The van der Waals surface area contributed by atoms with Crippen molar-refractivity contribution in [2.75, 3.05) is 5.32 Å². The van der Waals surface area contributed by atoms with Crippen LogP contribution >= 0.6 is 0 Å². The number of carboxylic acid groups (broad SMARTS) is 1. The Morgan fingerprint density at radius 1 is 1.00 bits per heavy atom. The summed E-state index contributed by atoms with van der Waals surface area (Å²) in [5.74, 6) is -1.08. The first-order valence-corrected chi connectivity index (χ1v) is 11.7. The molecule has 0 aliphatic heterocycles. The summed E-state index contributed by atoms with van der Waals surface area (Å²) < 4.78 is 0. The molecule has 0 spiro atoms. The fraction of sp³-hybridized carbons (Fsp3) is 0.370. The van der Waals surface area contributed by atoms with Gasteiger partial charge < -0.3 is 20.7 Å². The van der Waals surface area contributed by atoms with Crippen LogP contribution in [0.4, 0.5) is 5.69 Å². The monoisotopic (exact) mass is 461 g/mol. The Balaban J connectivity index is 1.29. The first-order valence-electron chi connectivity index (χ1n) is 11.7. The molecule has 1 aliphatic rings. The molecule has 1 heterocycles. The zero-order valence-corrected chi connectivity index (χ0v) is 19.6. The lowest BCUT2D eigenvalue weighted by molar-refractivity contribution is -0.146. The van der Waals surface area contributed by atoms with Crippen LogP contribution in [0.3, 0.4) is 0 Å². The number of rotatable bonds is 7. The summed E-state index contributed by atoms with van der Waals surface area (Å²) in [6, 6.07) is 15.9. The third-order valence-electron chi connectivity index (χ3n) is 6.76. The van der Waals surface area contributed by atoms with Gasteiger partial charge in [0.05, 0.1) is 6.42 Å². The van der Waals surface area contributed by atoms with Crippen molar-refractivity contribution in [1.82, 2.24) is 10.3 Å². The minimum absolute atomic E-state index is 0.0618. The fourth-order valence-electron chi connectivity index (χ4n) is 4.65. The number of carbonyl (C=O) groups excluding carboxylic acids is 2. The van der Waals surface area contributed by atoms with Crippen LogP contribution in [0, 0.1) is 5.92 Å². The Labute approximate surface area is 198 Å². The highest BCUT2D eigenvalue weighted by Crippen LogP contribution is 2.36. The van der Waals surface area contributed by atoms with Crippen LogP contribution < -0.4 is 10.6 Å². The summed E-state index contributed by atoms with van der Waals surface area (Å²) in [4.78, 5) is 39.5. The Morgan fingerprint density at radius 2 is 1.68 bits per heavy atom. The maximum atomic E-state index is 12.6. The number of carboxylic acids is 1. The van der Waals surface area contributed by atoms with Gasteiger partial charge >= 0.3 is 5.97 Å². The molecule has 1 saturated carbocycles. The number of hydrogen-bond acceptors (Lipinski definition) is 3. The third kappa shape index (κ3) is 5.30. The highest BCUT2D eigenvalue weighted by Gasteiger charge is 2.33. The predicted molar refractivity (Wildman–Crippen MR) is 132 cm³/mol. The molecule has 0 atom stereocenters. The molecule has 0 unspecified atom stereocenters. The van der Waals surface area contributed by atoms with Gasteiger partial charge in [0, 0.05) is 28.7 Å². The first-order chi connectivity index (χ1) is 16.2. The SMILES string of the molecule is CC(C)(NC(=O)C1CCC(c2ccc(NC(=O)Cc3c[nH]c4ccccc34)cc2)CC1)C(=O)O. The van der Waals surface area contributed by atoms with Gasteiger partial charge in [-0.25, -0.2) is 4.79 Å². The van der Waals surface area contributed by atoms with Gasteiger partial charge in [0.1, 0.15) is 5.54 Å². The Hall–Kier alpha value is -3.61. The number of aromatic amines is 1. The van der Waals surface area contributed by atoms with Gasteiger partial charge in [-0.3, -0.25) is 9.59 Å². The average molecular weight is 462 g/mol. The normalized spacial score (nSPS) is 18.4. The highest BCUT2D eigenvalue weighted by molar-refractivity contribution is 5.95. The molecular weight excluding hydrogens is 430 g/mol. The van der Waals surface area contributed by atoms with Crippen LogP contribution in [0.15, 0.2) is 54.7 Å². The number of aromatic nitrogens is 1. The summed E-state index contributed by atoms with van der Waals surface area (Å²) in [7, 11) is 0. The third-order valence-corrected chi connectivity index (χ3v) is 6.76. The van der Waals surface area contributed by atoms with E-state index in [9.17, 15) is 19.5 Å². The topological polar surface area (TPSA) is 111 Å². The minimum Gasteiger partial charge on any atom is -0.480 e. The van der Waals surface area contributed by atoms with E-state index in [4.69, 9.17) is 0 Å². The molecular formula is C27H31N3O4. The van der Waals surface area contributed by atoms with E-state index in [0.29, 0.717) is 12.3 Å². The molecule has 0 saturated heterocycles. The molecule has 4 rings (SSSR count). The van der Waals surface area contributed by atoms with Crippen LogP contribution in [0.25, 0.3) is 10.9 Å². The molecule has 34 heavy (non-hydrogen) atoms. The lowest BCUT2D eigenvalue weighted by Crippen LogP contribution is -2.51. The number of amides is 2. The number of para-hydroxylation sites is 1. The predicted octanol–water partition coefficient (Wildman–Crippen LogP) is 4.60. The van der Waals surface area contributed by atoms with E-state index >= 15 is 0 Å². The number of hydrogen-bond donors (Lipinski definition) is 4. The molecule has 2 amide bonds. The number of fused-ring (bicyclic) bond motifs is 1. The van der Waals surface area contributed by atoms with E-state index in [2.05, 4.69) is 15.6 Å². The van der Waals surface area contributed by atoms with Crippen molar-refractivity contribution < 1.29 is 19.5 Å². The van der Waals surface area contributed by atoms with Crippen LogP contribution in [-0.2, 0) is 20.8 Å². The van der Waals surface area contributed by atoms with Gasteiger partial charge in [0.25, 0.3) is 0 Å². The van der Waals surface area contributed by atoms with Crippen LogP contribution in [0.2, 0.25) is 0 Å². The second-order valence-corrected chi connectivity index (χ2v) is 9.67. The van der Waals surface area contributed by atoms with Crippen molar-refractivity contribution in [3.05, 3.63) is 65.9 Å². The molecule has 1 fully saturated rings.